The van der Waals surface area contributed by atoms with Crippen molar-refractivity contribution in [2.75, 3.05) is 0 Å². The fourth-order valence-electron chi connectivity index (χ4n) is 5.38. The van der Waals surface area contributed by atoms with E-state index < -0.39 is 12.0 Å². The molecule has 1 amide bonds. The Hall–Kier alpha value is -1.10. The Morgan fingerprint density at radius 1 is 1.11 bits per heavy atom. The molecule has 0 aromatic rings. The summed E-state index contributed by atoms with van der Waals surface area (Å²) < 4.78 is 0. The zero-order chi connectivity index (χ0) is 13.1. The van der Waals surface area contributed by atoms with Gasteiger partial charge >= 0.3 is 5.97 Å². The first kappa shape index (κ1) is 11.7. The average Bonchev–Trinajstić information content (AvgIpc) is 2.70. The summed E-state index contributed by atoms with van der Waals surface area (Å²) in [5, 5.41) is 11.1. The summed E-state index contributed by atoms with van der Waals surface area (Å²) >= 11 is 0. The highest BCUT2D eigenvalue weighted by molar-refractivity contribution is 5.87. The second kappa shape index (κ2) is 3.95. The van der Waals surface area contributed by atoms with E-state index in [4.69, 9.17) is 0 Å². The van der Waals surface area contributed by atoms with Crippen LogP contribution in [0.4, 0.5) is 0 Å². The highest BCUT2D eigenvalue weighted by Crippen LogP contribution is 2.55. The minimum Gasteiger partial charge on any atom is -0.480 e. The SMILES string of the molecule is O=C1CC(C(=O)O)N(C2C3CC4CC(C3)CC2C4)N1. The normalized spacial score (nSPS) is 48.5. The van der Waals surface area contributed by atoms with Crippen molar-refractivity contribution in [2.24, 2.45) is 23.7 Å². The van der Waals surface area contributed by atoms with E-state index in [0.717, 1.165) is 11.8 Å². The van der Waals surface area contributed by atoms with E-state index in [9.17, 15) is 14.7 Å². The number of hydrogen-bond acceptors (Lipinski definition) is 3. The summed E-state index contributed by atoms with van der Waals surface area (Å²) in [6.45, 7) is 0. The Labute approximate surface area is 112 Å². The van der Waals surface area contributed by atoms with Crippen LogP contribution in [0.1, 0.15) is 38.5 Å². The van der Waals surface area contributed by atoms with Crippen molar-refractivity contribution in [3.63, 3.8) is 0 Å². The Morgan fingerprint density at radius 3 is 2.21 bits per heavy atom. The monoisotopic (exact) mass is 264 g/mol. The first-order valence-electron chi connectivity index (χ1n) is 7.42. The van der Waals surface area contributed by atoms with E-state index in [1.165, 1.54) is 32.1 Å². The van der Waals surface area contributed by atoms with Gasteiger partial charge in [-0.15, -0.1) is 0 Å². The van der Waals surface area contributed by atoms with Crippen LogP contribution < -0.4 is 5.43 Å². The molecule has 1 atom stereocenters. The Morgan fingerprint density at radius 2 is 1.68 bits per heavy atom. The molecule has 0 spiro atoms. The lowest BCUT2D eigenvalue weighted by atomic mass is 9.54. The molecule has 2 N–H and O–H groups in total. The molecule has 1 unspecified atom stereocenters. The number of nitrogens with one attached hydrogen (secondary N) is 1. The molecule has 19 heavy (non-hydrogen) atoms. The quantitative estimate of drug-likeness (QED) is 0.780. The molecule has 5 heteroatoms. The lowest BCUT2D eigenvalue weighted by molar-refractivity contribution is -0.149. The lowest BCUT2D eigenvalue weighted by Gasteiger charge is -2.56. The molecule has 4 bridgehead atoms. The maximum absolute atomic E-state index is 11.6. The third-order valence-electron chi connectivity index (χ3n) is 5.75. The molecule has 4 saturated carbocycles. The van der Waals surface area contributed by atoms with Gasteiger partial charge in [0.25, 0.3) is 0 Å². The first-order chi connectivity index (χ1) is 9.11. The largest absolute Gasteiger partial charge is 0.480 e. The zero-order valence-corrected chi connectivity index (χ0v) is 10.9. The van der Waals surface area contributed by atoms with Gasteiger partial charge in [0.15, 0.2) is 0 Å². The molecule has 0 aromatic heterocycles. The predicted octanol–water partition coefficient (Wildman–Crippen LogP) is 1.00. The molecule has 0 radical (unpaired) electrons. The van der Waals surface area contributed by atoms with Crippen LogP contribution in [0, 0.1) is 23.7 Å². The van der Waals surface area contributed by atoms with Gasteiger partial charge in [0.05, 0.1) is 6.42 Å². The lowest BCUT2D eigenvalue weighted by Crippen LogP contribution is -2.61. The van der Waals surface area contributed by atoms with Crippen LogP contribution in [0.25, 0.3) is 0 Å². The summed E-state index contributed by atoms with van der Waals surface area (Å²) in [5.41, 5.74) is 2.83. The van der Waals surface area contributed by atoms with Gasteiger partial charge in [-0.2, -0.15) is 0 Å². The van der Waals surface area contributed by atoms with E-state index in [0.29, 0.717) is 11.8 Å². The standard InChI is InChI=1S/C14H20N2O3/c17-12-6-11(14(18)19)16(15-12)13-9-2-7-1-8(4-9)5-10(13)3-7/h7-11,13H,1-6H2,(H,15,17)(H,18,19). The van der Waals surface area contributed by atoms with E-state index in [1.54, 1.807) is 5.01 Å². The molecule has 1 aliphatic heterocycles. The zero-order valence-electron chi connectivity index (χ0n) is 10.9. The fraction of sp³-hybridized carbons (Fsp3) is 0.857. The number of carbonyl (C=O) groups excluding carboxylic acids is 1. The van der Waals surface area contributed by atoms with Crippen molar-refractivity contribution in [3.05, 3.63) is 0 Å². The second-order valence-electron chi connectivity index (χ2n) is 6.92. The van der Waals surface area contributed by atoms with Gasteiger partial charge in [-0.3, -0.25) is 15.0 Å². The molecular formula is C14H20N2O3. The molecule has 1 saturated heterocycles. The summed E-state index contributed by atoms with van der Waals surface area (Å²) in [7, 11) is 0. The molecule has 1 heterocycles. The van der Waals surface area contributed by atoms with Crippen LogP contribution >= 0.6 is 0 Å². The third-order valence-corrected chi connectivity index (χ3v) is 5.75. The van der Waals surface area contributed by atoms with Gasteiger partial charge in [0.1, 0.15) is 6.04 Å². The Balaban J connectivity index is 1.61. The summed E-state index contributed by atoms with van der Waals surface area (Å²) in [5.74, 6) is 1.90. The van der Waals surface area contributed by atoms with Crippen molar-refractivity contribution in [3.8, 4) is 0 Å². The number of rotatable bonds is 2. The maximum atomic E-state index is 11.6. The van der Waals surface area contributed by atoms with E-state index >= 15 is 0 Å². The van der Waals surface area contributed by atoms with Crippen LogP contribution in [-0.2, 0) is 9.59 Å². The van der Waals surface area contributed by atoms with Crippen molar-refractivity contribution >= 4 is 11.9 Å². The molecular weight excluding hydrogens is 244 g/mol. The van der Waals surface area contributed by atoms with E-state index in [1.807, 2.05) is 0 Å². The minimum absolute atomic E-state index is 0.109. The van der Waals surface area contributed by atoms with Gasteiger partial charge in [-0.25, -0.2) is 5.01 Å². The summed E-state index contributed by atoms with van der Waals surface area (Å²) in [6, 6.07) is -0.393. The average molecular weight is 264 g/mol. The van der Waals surface area contributed by atoms with Crippen molar-refractivity contribution in [1.29, 1.82) is 0 Å². The van der Waals surface area contributed by atoms with Crippen LogP contribution in [-0.4, -0.2) is 34.1 Å². The number of aliphatic carboxylic acids is 1. The number of carboxylic acids is 1. The Bertz CT molecular complexity index is 408. The summed E-state index contributed by atoms with van der Waals surface area (Å²) in [4.78, 5) is 22.9. The van der Waals surface area contributed by atoms with E-state index in [-0.39, 0.29) is 18.4 Å². The first-order valence-corrected chi connectivity index (χ1v) is 7.42. The van der Waals surface area contributed by atoms with Crippen molar-refractivity contribution in [2.45, 2.75) is 50.6 Å². The number of carbonyl (C=O) groups is 2. The number of hydrazine groups is 1. The van der Waals surface area contributed by atoms with Gasteiger partial charge < -0.3 is 5.11 Å². The molecule has 5 rings (SSSR count). The van der Waals surface area contributed by atoms with Gasteiger partial charge in [-0.1, -0.05) is 0 Å². The van der Waals surface area contributed by atoms with Crippen LogP contribution in [0.2, 0.25) is 0 Å². The highest BCUT2D eigenvalue weighted by atomic mass is 16.4. The number of nitrogens with zero attached hydrogens (tertiary/aromatic N) is 1. The van der Waals surface area contributed by atoms with Gasteiger partial charge in [0, 0.05) is 6.04 Å². The van der Waals surface area contributed by atoms with Crippen LogP contribution in [0.15, 0.2) is 0 Å². The number of carboxylic acid groups (broad SMARTS) is 1. The van der Waals surface area contributed by atoms with Crippen LogP contribution in [0.5, 0.6) is 0 Å². The van der Waals surface area contributed by atoms with Gasteiger partial charge in [0.2, 0.25) is 5.91 Å². The minimum atomic E-state index is -0.868. The fourth-order valence-corrected chi connectivity index (χ4v) is 5.38. The molecule has 5 nitrogen and oxygen atoms in total. The molecule has 104 valence electrons. The Kier molecular flexibility index (Phi) is 2.43. The van der Waals surface area contributed by atoms with Crippen molar-refractivity contribution < 1.29 is 14.7 Å². The molecule has 0 aromatic carbocycles. The summed E-state index contributed by atoms with van der Waals surface area (Å²) in [6.07, 6.45) is 6.42. The van der Waals surface area contributed by atoms with Crippen LogP contribution in [0.3, 0.4) is 0 Å². The maximum Gasteiger partial charge on any atom is 0.323 e. The topological polar surface area (TPSA) is 69.6 Å². The second-order valence-corrected chi connectivity index (χ2v) is 6.92. The highest BCUT2D eigenvalue weighted by Gasteiger charge is 2.53. The van der Waals surface area contributed by atoms with Gasteiger partial charge in [-0.05, 0) is 55.8 Å². The van der Waals surface area contributed by atoms with E-state index in [2.05, 4.69) is 5.43 Å². The molecule has 5 aliphatic rings. The molecule has 4 aliphatic carbocycles. The number of amides is 1. The molecule has 5 fully saturated rings. The van der Waals surface area contributed by atoms with Crippen molar-refractivity contribution in [1.82, 2.24) is 10.4 Å². The predicted molar refractivity (Wildman–Crippen MR) is 66.9 cm³/mol. The smallest absolute Gasteiger partial charge is 0.323 e. The number of hydrogen-bond donors (Lipinski definition) is 2. The third kappa shape index (κ3) is 1.71.